The average molecular weight is 273 g/mol. The normalized spacial score (nSPS) is 23.6. The molecule has 2 heterocycles. The molecule has 1 aromatic carbocycles. The van der Waals surface area contributed by atoms with Crippen LogP contribution in [-0.4, -0.2) is 30.9 Å². The minimum absolute atomic E-state index is 0.161. The van der Waals surface area contributed by atoms with Crippen molar-refractivity contribution in [2.75, 3.05) is 22.9 Å². The van der Waals surface area contributed by atoms with E-state index in [1.54, 1.807) is 0 Å². The van der Waals surface area contributed by atoms with Gasteiger partial charge in [-0.1, -0.05) is 0 Å². The topological polar surface area (TPSA) is 66.6 Å². The number of nitrogens with two attached hydrogens (primary N) is 1. The van der Waals surface area contributed by atoms with Crippen LogP contribution in [0.4, 0.5) is 11.4 Å². The van der Waals surface area contributed by atoms with Gasteiger partial charge in [0.05, 0.1) is 11.7 Å². The number of amides is 2. The summed E-state index contributed by atoms with van der Waals surface area (Å²) in [6, 6.07) is 7.05. The molecule has 3 rings (SSSR count). The lowest BCUT2D eigenvalue weighted by atomic mass is 10.0. The van der Waals surface area contributed by atoms with E-state index in [9.17, 15) is 9.59 Å². The molecule has 0 aliphatic carbocycles. The molecule has 5 heteroatoms. The number of benzene rings is 1. The van der Waals surface area contributed by atoms with E-state index in [0.717, 1.165) is 18.8 Å². The molecule has 0 saturated carbocycles. The van der Waals surface area contributed by atoms with Crippen LogP contribution in [-0.2, 0) is 9.59 Å². The summed E-state index contributed by atoms with van der Waals surface area (Å²) in [7, 11) is 0. The van der Waals surface area contributed by atoms with Gasteiger partial charge in [-0.3, -0.25) is 9.59 Å². The molecule has 2 saturated heterocycles. The summed E-state index contributed by atoms with van der Waals surface area (Å²) in [6.45, 7) is 2.15. The minimum Gasteiger partial charge on any atom is -0.372 e. The number of rotatable bonds is 2. The number of carbonyl (C=O) groups excluding carboxylic acids is 2. The van der Waals surface area contributed by atoms with E-state index in [4.69, 9.17) is 5.73 Å². The number of hydrogen-bond acceptors (Lipinski definition) is 4. The largest absolute Gasteiger partial charge is 0.372 e. The van der Waals surface area contributed by atoms with E-state index in [2.05, 4.69) is 4.90 Å². The molecular formula is C15H19N3O2. The van der Waals surface area contributed by atoms with Gasteiger partial charge in [0.2, 0.25) is 5.91 Å². The van der Waals surface area contributed by atoms with Crippen LogP contribution in [0.5, 0.6) is 0 Å². The van der Waals surface area contributed by atoms with E-state index >= 15 is 0 Å². The number of carbonyl (C=O) groups is 2. The monoisotopic (exact) mass is 273 g/mol. The summed E-state index contributed by atoms with van der Waals surface area (Å²) in [4.78, 5) is 27.5. The van der Waals surface area contributed by atoms with Crippen molar-refractivity contribution >= 4 is 23.2 Å². The van der Waals surface area contributed by atoms with Crippen molar-refractivity contribution in [3.63, 3.8) is 0 Å². The molecule has 106 valence electrons. The molecule has 2 N–H and O–H groups in total. The van der Waals surface area contributed by atoms with Gasteiger partial charge >= 0.3 is 0 Å². The number of nitrogens with zero attached hydrogens (tertiary/aromatic N) is 2. The lowest BCUT2D eigenvalue weighted by Gasteiger charge is -2.29. The van der Waals surface area contributed by atoms with Crippen LogP contribution >= 0.6 is 0 Å². The van der Waals surface area contributed by atoms with Crippen LogP contribution in [0.15, 0.2) is 24.3 Å². The van der Waals surface area contributed by atoms with Gasteiger partial charge in [0, 0.05) is 25.2 Å². The van der Waals surface area contributed by atoms with Crippen molar-refractivity contribution in [3.8, 4) is 0 Å². The molecule has 0 radical (unpaired) electrons. The highest BCUT2D eigenvalue weighted by molar-refractivity contribution is 6.18. The maximum atomic E-state index is 12.0. The molecule has 5 nitrogen and oxygen atoms in total. The van der Waals surface area contributed by atoms with Crippen molar-refractivity contribution < 1.29 is 9.59 Å². The molecule has 0 aromatic heterocycles. The predicted octanol–water partition coefficient (Wildman–Crippen LogP) is 1.27. The summed E-state index contributed by atoms with van der Waals surface area (Å²) in [5.41, 5.74) is 7.52. The Balaban J connectivity index is 1.82. The molecule has 2 aliphatic rings. The van der Waals surface area contributed by atoms with E-state index in [0.29, 0.717) is 18.5 Å². The highest BCUT2D eigenvalue weighted by Gasteiger charge is 2.33. The third kappa shape index (κ3) is 2.29. The number of imide groups is 1. The summed E-state index contributed by atoms with van der Waals surface area (Å²) in [6.07, 6.45) is 3.22. The third-order valence-electron chi connectivity index (χ3n) is 4.04. The van der Waals surface area contributed by atoms with Gasteiger partial charge in [-0.2, -0.15) is 0 Å². The first-order valence-electron chi connectivity index (χ1n) is 7.14. The van der Waals surface area contributed by atoms with E-state index in [-0.39, 0.29) is 11.8 Å². The SMILES string of the molecule is NC1CCC(=O)N(c2ccc(N3CCCC3)cc2)C1=O. The van der Waals surface area contributed by atoms with Crippen molar-refractivity contribution in [1.82, 2.24) is 0 Å². The molecule has 1 aromatic rings. The fraction of sp³-hybridized carbons (Fsp3) is 0.467. The quantitative estimate of drug-likeness (QED) is 0.824. The maximum absolute atomic E-state index is 12.0. The van der Waals surface area contributed by atoms with E-state index in [1.807, 2.05) is 24.3 Å². The Hall–Kier alpha value is -1.88. The average Bonchev–Trinajstić information content (AvgIpc) is 2.98. The van der Waals surface area contributed by atoms with Gasteiger partial charge in [0.1, 0.15) is 0 Å². The first-order valence-corrected chi connectivity index (χ1v) is 7.14. The fourth-order valence-electron chi connectivity index (χ4n) is 2.86. The second-order valence-electron chi connectivity index (χ2n) is 5.42. The molecule has 1 unspecified atom stereocenters. The zero-order chi connectivity index (χ0) is 14.1. The zero-order valence-electron chi connectivity index (χ0n) is 11.4. The van der Waals surface area contributed by atoms with E-state index < -0.39 is 6.04 Å². The molecule has 2 aliphatic heterocycles. The Bertz CT molecular complexity index is 520. The van der Waals surface area contributed by atoms with Crippen molar-refractivity contribution in [3.05, 3.63) is 24.3 Å². The van der Waals surface area contributed by atoms with Crippen LogP contribution in [0.2, 0.25) is 0 Å². The van der Waals surface area contributed by atoms with Crippen molar-refractivity contribution in [2.45, 2.75) is 31.7 Å². The maximum Gasteiger partial charge on any atom is 0.250 e. The number of anilines is 2. The van der Waals surface area contributed by atoms with Crippen LogP contribution in [0.3, 0.4) is 0 Å². The van der Waals surface area contributed by atoms with Crippen molar-refractivity contribution in [2.24, 2.45) is 5.73 Å². The molecule has 0 spiro atoms. The number of piperidine rings is 1. The molecule has 1 atom stereocenters. The van der Waals surface area contributed by atoms with Gasteiger partial charge in [0.15, 0.2) is 0 Å². The van der Waals surface area contributed by atoms with Crippen LogP contribution < -0.4 is 15.5 Å². The van der Waals surface area contributed by atoms with Crippen LogP contribution in [0.1, 0.15) is 25.7 Å². The van der Waals surface area contributed by atoms with Gasteiger partial charge in [-0.05, 0) is 43.5 Å². The first kappa shape index (κ1) is 13.1. The summed E-state index contributed by atoms with van der Waals surface area (Å²) >= 11 is 0. The molecular weight excluding hydrogens is 254 g/mol. The fourth-order valence-corrected chi connectivity index (χ4v) is 2.86. The summed E-state index contributed by atoms with van der Waals surface area (Å²) in [5, 5.41) is 0. The first-order chi connectivity index (χ1) is 9.66. The highest BCUT2D eigenvalue weighted by atomic mass is 16.2. The number of hydrogen-bond donors (Lipinski definition) is 1. The van der Waals surface area contributed by atoms with Crippen LogP contribution in [0.25, 0.3) is 0 Å². The lowest BCUT2D eigenvalue weighted by Crippen LogP contribution is -2.51. The second-order valence-corrected chi connectivity index (χ2v) is 5.42. The second kappa shape index (κ2) is 5.25. The zero-order valence-corrected chi connectivity index (χ0v) is 11.4. The highest BCUT2D eigenvalue weighted by Crippen LogP contribution is 2.26. The Labute approximate surface area is 118 Å². The summed E-state index contributed by atoms with van der Waals surface area (Å²) < 4.78 is 0. The molecule has 20 heavy (non-hydrogen) atoms. The Morgan fingerprint density at radius 1 is 1.00 bits per heavy atom. The smallest absolute Gasteiger partial charge is 0.250 e. The molecule has 2 fully saturated rings. The van der Waals surface area contributed by atoms with Gasteiger partial charge < -0.3 is 10.6 Å². The van der Waals surface area contributed by atoms with Gasteiger partial charge in [-0.15, -0.1) is 0 Å². The standard InChI is InChI=1S/C15H19N3O2/c16-13-7-8-14(19)18(15(13)20)12-5-3-11(4-6-12)17-9-1-2-10-17/h3-6,13H,1-2,7-10,16H2. The Kier molecular flexibility index (Phi) is 3.44. The predicted molar refractivity (Wildman–Crippen MR) is 77.6 cm³/mol. The van der Waals surface area contributed by atoms with E-state index in [1.165, 1.54) is 17.7 Å². The lowest BCUT2D eigenvalue weighted by molar-refractivity contribution is -0.130. The van der Waals surface area contributed by atoms with Gasteiger partial charge in [0.25, 0.3) is 5.91 Å². The van der Waals surface area contributed by atoms with Crippen molar-refractivity contribution in [1.29, 1.82) is 0 Å². The summed E-state index contributed by atoms with van der Waals surface area (Å²) in [5.74, 6) is -0.458. The molecule has 2 amide bonds. The Morgan fingerprint density at radius 2 is 1.60 bits per heavy atom. The van der Waals surface area contributed by atoms with Gasteiger partial charge in [-0.25, -0.2) is 4.90 Å². The minimum atomic E-state index is -0.564. The Morgan fingerprint density at radius 3 is 2.25 bits per heavy atom. The van der Waals surface area contributed by atoms with Crippen LogP contribution in [0, 0.1) is 0 Å². The molecule has 0 bridgehead atoms. The third-order valence-corrected chi connectivity index (χ3v) is 4.04.